The van der Waals surface area contributed by atoms with Crippen LogP contribution in [0.1, 0.15) is 43.0 Å². The van der Waals surface area contributed by atoms with Crippen LogP contribution in [-0.4, -0.2) is 64.9 Å². The standard InChI is InChI=1S/C31H35N3O5/c1-4-33(5-2)18-9-19-34-28(27(30(36)31(34)37)29(35)23-14-16-32-17-15-23)24-12-13-25(26(20-24)38-3)39-21-22-10-7-6-8-11-22/h6-8,10-17,20,28,35H,4-5,9,18-19,21H2,1-3H3/b29-27+. The third-order valence-electron chi connectivity index (χ3n) is 7.00. The van der Waals surface area contributed by atoms with E-state index in [9.17, 15) is 14.7 Å². The van der Waals surface area contributed by atoms with Gasteiger partial charge in [-0.2, -0.15) is 0 Å². The van der Waals surface area contributed by atoms with Gasteiger partial charge in [-0.1, -0.05) is 50.2 Å². The minimum atomic E-state index is -0.771. The number of likely N-dealkylation sites (tertiary alicyclic amines) is 1. The smallest absolute Gasteiger partial charge is 0.295 e. The van der Waals surface area contributed by atoms with E-state index in [2.05, 4.69) is 23.7 Å². The number of amides is 1. The lowest BCUT2D eigenvalue weighted by Crippen LogP contribution is -2.33. The number of carbonyl (C=O) groups excluding carboxylic acids is 2. The minimum Gasteiger partial charge on any atom is -0.507 e. The van der Waals surface area contributed by atoms with Crippen LogP contribution in [0.15, 0.2) is 78.6 Å². The van der Waals surface area contributed by atoms with Crippen molar-refractivity contribution < 1.29 is 24.2 Å². The lowest BCUT2D eigenvalue weighted by atomic mass is 9.95. The molecular weight excluding hydrogens is 494 g/mol. The monoisotopic (exact) mass is 529 g/mol. The molecule has 1 aromatic heterocycles. The van der Waals surface area contributed by atoms with Crippen LogP contribution in [0.25, 0.3) is 5.76 Å². The van der Waals surface area contributed by atoms with Crippen molar-refractivity contribution in [2.75, 3.05) is 33.3 Å². The molecule has 3 aromatic rings. The molecule has 204 valence electrons. The summed E-state index contributed by atoms with van der Waals surface area (Å²) >= 11 is 0. The SMILES string of the molecule is CCN(CC)CCCN1C(=O)C(=O)/C(=C(/O)c2ccncc2)C1c1ccc(OCc2ccccc2)c(OC)c1. The van der Waals surface area contributed by atoms with E-state index in [1.807, 2.05) is 36.4 Å². The van der Waals surface area contributed by atoms with Crippen LogP contribution in [0.2, 0.25) is 0 Å². The molecular formula is C31H35N3O5. The lowest BCUT2D eigenvalue weighted by Gasteiger charge is -2.27. The molecule has 0 bridgehead atoms. The second-order valence-electron chi connectivity index (χ2n) is 9.29. The highest BCUT2D eigenvalue weighted by atomic mass is 16.5. The van der Waals surface area contributed by atoms with Crippen molar-refractivity contribution in [1.82, 2.24) is 14.8 Å². The van der Waals surface area contributed by atoms with Crippen LogP contribution in [-0.2, 0) is 16.2 Å². The van der Waals surface area contributed by atoms with Gasteiger partial charge in [0.1, 0.15) is 12.4 Å². The Labute approximate surface area is 229 Å². The normalized spacial score (nSPS) is 16.6. The van der Waals surface area contributed by atoms with Crippen LogP contribution in [0.5, 0.6) is 11.5 Å². The fourth-order valence-electron chi connectivity index (χ4n) is 4.84. The highest BCUT2D eigenvalue weighted by Crippen LogP contribution is 2.42. The van der Waals surface area contributed by atoms with Crippen molar-refractivity contribution in [2.24, 2.45) is 0 Å². The molecule has 0 radical (unpaired) electrons. The Balaban J connectivity index is 1.70. The van der Waals surface area contributed by atoms with Crippen molar-refractivity contribution in [1.29, 1.82) is 0 Å². The van der Waals surface area contributed by atoms with E-state index in [0.29, 0.717) is 42.2 Å². The summed E-state index contributed by atoms with van der Waals surface area (Å²) < 4.78 is 11.7. The van der Waals surface area contributed by atoms with Gasteiger partial charge < -0.3 is 24.4 Å². The fraction of sp³-hybridized carbons (Fsp3) is 0.323. The van der Waals surface area contributed by atoms with Crippen LogP contribution in [0.4, 0.5) is 0 Å². The number of ether oxygens (including phenoxy) is 2. The first-order valence-corrected chi connectivity index (χ1v) is 13.2. The van der Waals surface area contributed by atoms with Gasteiger partial charge in [0, 0.05) is 24.5 Å². The third-order valence-corrected chi connectivity index (χ3v) is 7.00. The van der Waals surface area contributed by atoms with E-state index in [0.717, 1.165) is 25.2 Å². The Morgan fingerprint density at radius 2 is 1.72 bits per heavy atom. The number of aliphatic hydroxyl groups excluding tert-OH is 1. The Kier molecular flexibility index (Phi) is 9.33. The number of pyridine rings is 1. The van der Waals surface area contributed by atoms with Crippen molar-refractivity contribution in [3.63, 3.8) is 0 Å². The molecule has 0 aliphatic carbocycles. The quantitative estimate of drug-likeness (QED) is 0.204. The fourth-order valence-corrected chi connectivity index (χ4v) is 4.84. The van der Waals surface area contributed by atoms with Crippen molar-refractivity contribution in [3.05, 3.63) is 95.3 Å². The number of ketones is 1. The highest BCUT2D eigenvalue weighted by Gasteiger charge is 2.46. The van der Waals surface area contributed by atoms with E-state index in [1.54, 1.807) is 36.3 Å². The molecule has 1 fully saturated rings. The topological polar surface area (TPSA) is 92.2 Å². The zero-order valence-corrected chi connectivity index (χ0v) is 22.7. The zero-order valence-electron chi connectivity index (χ0n) is 22.7. The third kappa shape index (κ3) is 6.29. The van der Waals surface area contributed by atoms with E-state index in [4.69, 9.17) is 9.47 Å². The Morgan fingerprint density at radius 3 is 2.38 bits per heavy atom. The molecule has 0 saturated carbocycles. The number of hydrogen-bond acceptors (Lipinski definition) is 7. The molecule has 1 amide bonds. The van der Waals surface area contributed by atoms with E-state index in [1.165, 1.54) is 12.4 Å². The van der Waals surface area contributed by atoms with Crippen LogP contribution >= 0.6 is 0 Å². The number of carbonyl (C=O) groups is 2. The van der Waals surface area contributed by atoms with Gasteiger partial charge in [-0.3, -0.25) is 14.6 Å². The molecule has 1 N–H and O–H groups in total. The maximum absolute atomic E-state index is 13.3. The number of aromatic nitrogens is 1. The second kappa shape index (κ2) is 13.1. The molecule has 2 heterocycles. The number of methoxy groups -OCH3 is 1. The molecule has 8 heteroatoms. The van der Waals surface area contributed by atoms with Gasteiger partial charge in [0.05, 0.1) is 18.7 Å². The Morgan fingerprint density at radius 1 is 1.00 bits per heavy atom. The van der Waals surface area contributed by atoms with Gasteiger partial charge in [0.25, 0.3) is 11.7 Å². The molecule has 1 unspecified atom stereocenters. The van der Waals surface area contributed by atoms with Gasteiger partial charge >= 0.3 is 0 Å². The number of aliphatic hydroxyl groups is 1. The first-order valence-electron chi connectivity index (χ1n) is 13.2. The molecule has 0 spiro atoms. The predicted octanol–water partition coefficient (Wildman–Crippen LogP) is 4.82. The molecule has 39 heavy (non-hydrogen) atoms. The number of hydrogen-bond donors (Lipinski definition) is 1. The van der Waals surface area contributed by atoms with Crippen LogP contribution < -0.4 is 9.47 Å². The summed E-state index contributed by atoms with van der Waals surface area (Å²) in [6.07, 6.45) is 3.76. The van der Waals surface area contributed by atoms with Gasteiger partial charge in [-0.25, -0.2) is 0 Å². The molecule has 1 aliphatic rings. The maximum atomic E-state index is 13.3. The van der Waals surface area contributed by atoms with Crippen molar-refractivity contribution in [2.45, 2.75) is 32.9 Å². The van der Waals surface area contributed by atoms with Crippen molar-refractivity contribution >= 4 is 17.4 Å². The van der Waals surface area contributed by atoms with E-state index in [-0.39, 0.29) is 11.3 Å². The summed E-state index contributed by atoms with van der Waals surface area (Å²) in [7, 11) is 1.55. The maximum Gasteiger partial charge on any atom is 0.295 e. The average molecular weight is 530 g/mol. The summed E-state index contributed by atoms with van der Waals surface area (Å²) in [5.41, 5.74) is 2.14. The second-order valence-corrected chi connectivity index (χ2v) is 9.29. The molecule has 2 aromatic carbocycles. The van der Waals surface area contributed by atoms with E-state index < -0.39 is 17.7 Å². The van der Waals surface area contributed by atoms with Gasteiger partial charge in [0.2, 0.25) is 0 Å². The minimum absolute atomic E-state index is 0.0500. The first kappa shape index (κ1) is 27.9. The number of Topliss-reactive ketones (excluding diaryl/α,β-unsaturated/α-hetero) is 1. The Bertz CT molecular complexity index is 1310. The highest BCUT2D eigenvalue weighted by molar-refractivity contribution is 6.46. The summed E-state index contributed by atoms with van der Waals surface area (Å²) in [5.74, 6) is -0.548. The number of nitrogens with zero attached hydrogens (tertiary/aromatic N) is 3. The Hall–Kier alpha value is -4.17. The van der Waals surface area contributed by atoms with Gasteiger partial charge in [0.15, 0.2) is 11.5 Å². The number of benzene rings is 2. The van der Waals surface area contributed by atoms with Gasteiger partial charge in [-0.05, 0) is 61.4 Å². The number of rotatable bonds is 12. The molecule has 8 nitrogen and oxygen atoms in total. The van der Waals surface area contributed by atoms with Gasteiger partial charge in [-0.15, -0.1) is 0 Å². The van der Waals surface area contributed by atoms with E-state index >= 15 is 0 Å². The van der Waals surface area contributed by atoms with Crippen LogP contribution in [0.3, 0.4) is 0 Å². The molecule has 4 rings (SSSR count). The lowest BCUT2D eigenvalue weighted by molar-refractivity contribution is -0.140. The largest absolute Gasteiger partial charge is 0.507 e. The summed E-state index contributed by atoms with van der Waals surface area (Å²) in [6, 6.07) is 17.6. The average Bonchev–Trinajstić information content (AvgIpc) is 3.23. The first-order chi connectivity index (χ1) is 19.0. The summed E-state index contributed by atoms with van der Waals surface area (Å²) in [6.45, 7) is 7.53. The zero-order chi connectivity index (χ0) is 27.8. The molecule has 1 atom stereocenters. The molecule has 1 aliphatic heterocycles. The summed E-state index contributed by atoms with van der Waals surface area (Å²) in [4.78, 5) is 34.4. The van der Waals surface area contributed by atoms with Crippen LogP contribution in [0, 0.1) is 0 Å². The van der Waals surface area contributed by atoms with Crippen molar-refractivity contribution in [3.8, 4) is 11.5 Å². The predicted molar refractivity (Wildman–Crippen MR) is 149 cm³/mol. The molecule has 1 saturated heterocycles. The summed E-state index contributed by atoms with van der Waals surface area (Å²) in [5, 5.41) is 11.2.